The van der Waals surface area contributed by atoms with E-state index in [0.29, 0.717) is 16.8 Å². The number of carbonyl (C=O) groups excluding carboxylic acids is 1. The third-order valence-corrected chi connectivity index (χ3v) is 6.74. The second kappa shape index (κ2) is 9.39. The lowest BCUT2D eigenvalue weighted by Crippen LogP contribution is -2.16. The Balaban J connectivity index is 1.35. The van der Waals surface area contributed by atoms with E-state index in [-0.39, 0.29) is 11.4 Å². The van der Waals surface area contributed by atoms with Crippen LogP contribution in [-0.2, 0) is 6.54 Å². The number of benzene rings is 3. The maximum Gasteiger partial charge on any atom is 0.281 e. The second-order valence-corrected chi connectivity index (χ2v) is 9.03. The number of aromatic nitrogens is 1. The quantitative estimate of drug-likeness (QED) is 0.180. The molecule has 5 rings (SSSR count). The summed E-state index contributed by atoms with van der Waals surface area (Å²) in [6, 6.07) is 20.2. The fourth-order valence-electron chi connectivity index (χ4n) is 3.90. The van der Waals surface area contributed by atoms with Gasteiger partial charge in [-0.25, -0.2) is 5.43 Å². The molecule has 0 aliphatic heterocycles. The van der Waals surface area contributed by atoms with Gasteiger partial charge in [0.1, 0.15) is 0 Å². The predicted octanol–water partition coefficient (Wildman–Crippen LogP) is 5.48. The highest BCUT2D eigenvalue weighted by atomic mass is 32.1. The third kappa shape index (κ3) is 4.55. The molecule has 0 atom stereocenters. The molecule has 0 unspecified atom stereocenters. The van der Waals surface area contributed by atoms with Crippen LogP contribution in [0.4, 0.5) is 11.4 Å². The maximum absolute atomic E-state index is 12.6. The molecule has 0 aliphatic carbocycles. The molecule has 0 aliphatic rings. The fourth-order valence-corrected chi connectivity index (χ4v) is 4.83. The summed E-state index contributed by atoms with van der Waals surface area (Å²) in [5, 5.41) is 27.6. The lowest BCUT2D eigenvalue weighted by molar-refractivity contribution is -0.385. The molecule has 10 nitrogen and oxygen atoms in total. The molecule has 5 aromatic rings. The Morgan fingerprint density at radius 3 is 2.44 bits per heavy atom. The number of non-ortho nitro benzene ring substituents is 2. The molecule has 0 saturated heterocycles. The maximum atomic E-state index is 12.6. The Kier molecular flexibility index (Phi) is 5.97. The van der Waals surface area contributed by atoms with Gasteiger partial charge in [-0.2, -0.15) is 5.10 Å². The van der Waals surface area contributed by atoms with E-state index in [1.807, 2.05) is 35.0 Å². The van der Waals surface area contributed by atoms with Crippen LogP contribution in [0.5, 0.6) is 0 Å². The number of nitrogens with one attached hydrogen (secondary N) is 1. The number of hydrogen-bond acceptors (Lipinski definition) is 7. The zero-order valence-electron chi connectivity index (χ0n) is 18.5. The van der Waals surface area contributed by atoms with E-state index in [1.165, 1.54) is 35.6 Å². The number of para-hydroxylation sites is 1. The first-order chi connectivity index (χ1) is 17.4. The zero-order chi connectivity index (χ0) is 25.2. The van der Waals surface area contributed by atoms with Crippen LogP contribution in [0, 0.1) is 20.2 Å². The predicted molar refractivity (Wildman–Crippen MR) is 138 cm³/mol. The number of rotatable bonds is 7. The minimum Gasteiger partial charge on any atom is -0.342 e. The van der Waals surface area contributed by atoms with Crippen LogP contribution >= 0.6 is 11.3 Å². The van der Waals surface area contributed by atoms with E-state index in [1.54, 1.807) is 30.5 Å². The van der Waals surface area contributed by atoms with Crippen molar-refractivity contribution in [1.29, 1.82) is 0 Å². The summed E-state index contributed by atoms with van der Waals surface area (Å²) < 4.78 is 2.78. The highest BCUT2D eigenvalue weighted by molar-refractivity contribution is 7.20. The number of hydrazone groups is 1. The van der Waals surface area contributed by atoms with Crippen LogP contribution in [0.25, 0.3) is 21.0 Å². The van der Waals surface area contributed by atoms with Gasteiger partial charge in [0.2, 0.25) is 0 Å². The number of fused-ring (bicyclic) bond motifs is 2. The first-order valence-corrected chi connectivity index (χ1v) is 11.5. The Labute approximate surface area is 207 Å². The van der Waals surface area contributed by atoms with Crippen molar-refractivity contribution in [2.75, 3.05) is 0 Å². The summed E-state index contributed by atoms with van der Waals surface area (Å²) in [6.07, 6.45) is 3.46. The van der Waals surface area contributed by atoms with Crippen molar-refractivity contribution >= 4 is 55.8 Å². The summed E-state index contributed by atoms with van der Waals surface area (Å²) >= 11 is 1.23. The molecule has 0 fully saturated rings. The Morgan fingerprint density at radius 2 is 1.69 bits per heavy atom. The summed E-state index contributed by atoms with van der Waals surface area (Å²) in [5.41, 5.74) is 5.18. The molecule has 11 heteroatoms. The fraction of sp³-hybridized carbons (Fsp3) is 0.0400. The Hall–Kier alpha value is -4.90. The monoisotopic (exact) mass is 499 g/mol. The van der Waals surface area contributed by atoms with Crippen LogP contribution in [0.2, 0.25) is 0 Å². The van der Waals surface area contributed by atoms with E-state index in [2.05, 4.69) is 10.5 Å². The van der Waals surface area contributed by atoms with Gasteiger partial charge in [0.25, 0.3) is 17.3 Å². The smallest absolute Gasteiger partial charge is 0.281 e. The summed E-state index contributed by atoms with van der Waals surface area (Å²) in [7, 11) is 0. The number of thiophene rings is 1. The highest BCUT2D eigenvalue weighted by Crippen LogP contribution is 2.29. The van der Waals surface area contributed by atoms with Crippen LogP contribution in [0.3, 0.4) is 0 Å². The topological polar surface area (TPSA) is 133 Å². The molecule has 1 amide bonds. The van der Waals surface area contributed by atoms with Crippen molar-refractivity contribution in [3.8, 4) is 0 Å². The molecular formula is C25H17N5O5S. The van der Waals surface area contributed by atoms with Crippen molar-refractivity contribution in [2.45, 2.75) is 6.54 Å². The van der Waals surface area contributed by atoms with Crippen LogP contribution in [-0.4, -0.2) is 26.5 Å². The average Bonchev–Trinajstić information content (AvgIpc) is 3.46. The Morgan fingerprint density at radius 1 is 0.972 bits per heavy atom. The molecule has 3 aromatic carbocycles. The molecule has 2 heterocycles. The molecule has 2 aromatic heterocycles. The van der Waals surface area contributed by atoms with Crippen LogP contribution < -0.4 is 5.43 Å². The molecule has 1 N–H and O–H groups in total. The van der Waals surface area contributed by atoms with Gasteiger partial charge in [-0.3, -0.25) is 25.0 Å². The van der Waals surface area contributed by atoms with E-state index in [9.17, 15) is 25.0 Å². The van der Waals surface area contributed by atoms with Crippen molar-refractivity contribution in [2.24, 2.45) is 5.10 Å². The normalized spacial score (nSPS) is 11.3. The number of nitrogens with zero attached hydrogens (tertiary/aromatic N) is 4. The van der Waals surface area contributed by atoms with E-state index in [0.717, 1.165) is 26.7 Å². The van der Waals surface area contributed by atoms with Crippen molar-refractivity contribution < 1.29 is 14.6 Å². The van der Waals surface area contributed by atoms with E-state index >= 15 is 0 Å². The molecular weight excluding hydrogens is 482 g/mol. The van der Waals surface area contributed by atoms with Crippen LogP contribution in [0.15, 0.2) is 84.1 Å². The SMILES string of the molecule is O=C(N/N=C\c1cn(Cc2ccc([N+](=O)[O-])cc2)c2ccccc12)c1cc2cc([N+](=O)[O-])ccc2s1. The lowest BCUT2D eigenvalue weighted by Gasteiger charge is -2.05. The van der Waals surface area contributed by atoms with Gasteiger partial charge >= 0.3 is 0 Å². The first kappa shape index (κ1) is 22.9. The first-order valence-electron chi connectivity index (χ1n) is 10.7. The Bertz CT molecular complexity index is 1670. The van der Waals surface area contributed by atoms with Crippen molar-refractivity contribution in [3.05, 3.63) is 115 Å². The molecule has 36 heavy (non-hydrogen) atoms. The standard InChI is InChI=1S/C25H17N5O5S/c31-25(24-12-17-11-20(30(34)35)9-10-23(17)36-24)27-26-13-18-15-28(22-4-2-1-3-21(18)22)14-16-5-7-19(8-6-16)29(32)33/h1-13,15H,14H2,(H,27,31)/b26-13-. The number of amides is 1. The van der Waals surface area contributed by atoms with Gasteiger partial charge in [-0.15, -0.1) is 11.3 Å². The molecule has 0 bridgehead atoms. The molecule has 0 spiro atoms. The van der Waals surface area contributed by atoms with Gasteiger partial charge in [0.05, 0.1) is 20.9 Å². The summed E-state index contributed by atoms with van der Waals surface area (Å²) in [5.74, 6) is -0.412. The molecule has 178 valence electrons. The van der Waals surface area contributed by atoms with Crippen molar-refractivity contribution in [3.63, 3.8) is 0 Å². The average molecular weight is 500 g/mol. The molecule has 0 radical (unpaired) electrons. The summed E-state index contributed by atoms with van der Waals surface area (Å²) in [4.78, 5) is 34.0. The zero-order valence-corrected chi connectivity index (χ0v) is 19.3. The van der Waals surface area contributed by atoms with Gasteiger partial charge in [0.15, 0.2) is 0 Å². The van der Waals surface area contributed by atoms with Crippen molar-refractivity contribution in [1.82, 2.24) is 9.99 Å². The molecule has 0 saturated carbocycles. The van der Waals surface area contributed by atoms with Gasteiger partial charge in [-0.05, 0) is 23.8 Å². The minimum absolute atomic E-state index is 0.0320. The lowest BCUT2D eigenvalue weighted by atomic mass is 10.2. The number of nitro benzene ring substituents is 2. The van der Waals surface area contributed by atoms with E-state index in [4.69, 9.17) is 0 Å². The van der Waals surface area contributed by atoms with Gasteiger partial charge < -0.3 is 4.57 Å². The van der Waals surface area contributed by atoms with Gasteiger partial charge in [0, 0.05) is 63.6 Å². The number of nitro groups is 2. The highest BCUT2D eigenvalue weighted by Gasteiger charge is 2.13. The largest absolute Gasteiger partial charge is 0.342 e. The number of hydrogen-bond donors (Lipinski definition) is 1. The number of carbonyl (C=O) groups is 1. The third-order valence-electron chi connectivity index (χ3n) is 5.62. The van der Waals surface area contributed by atoms with Gasteiger partial charge in [-0.1, -0.05) is 30.3 Å². The second-order valence-electron chi connectivity index (χ2n) is 7.94. The minimum atomic E-state index is -0.473. The summed E-state index contributed by atoms with van der Waals surface area (Å²) in [6.45, 7) is 0.507. The van der Waals surface area contributed by atoms with E-state index < -0.39 is 15.8 Å². The van der Waals surface area contributed by atoms with Crippen LogP contribution in [0.1, 0.15) is 20.8 Å².